The summed E-state index contributed by atoms with van der Waals surface area (Å²) in [5.41, 5.74) is 0.827. The third-order valence-electron chi connectivity index (χ3n) is 2.13. The zero-order valence-corrected chi connectivity index (χ0v) is 9.04. The first-order valence-electron chi connectivity index (χ1n) is 5.14. The third-order valence-corrected chi connectivity index (χ3v) is 2.13. The van der Waals surface area contributed by atoms with Gasteiger partial charge in [0.1, 0.15) is 0 Å². The Balaban J connectivity index is 2.17. The van der Waals surface area contributed by atoms with Gasteiger partial charge in [-0.3, -0.25) is 4.79 Å². The standard InChI is InChI=1S/C14H10NO2/c16-11-14(12-7-3-1-4-8-12)15-17-13-9-5-2-6-10-13/h1-10H. The molecule has 83 valence electrons. The van der Waals surface area contributed by atoms with E-state index in [2.05, 4.69) is 5.16 Å². The van der Waals surface area contributed by atoms with Gasteiger partial charge in [-0.25, -0.2) is 0 Å². The molecule has 3 heteroatoms. The first-order valence-corrected chi connectivity index (χ1v) is 5.14. The highest BCUT2D eigenvalue weighted by Gasteiger charge is 2.03. The van der Waals surface area contributed by atoms with Gasteiger partial charge in [-0.15, -0.1) is 0 Å². The smallest absolute Gasteiger partial charge is 0.257 e. The average Bonchev–Trinajstić information content (AvgIpc) is 2.42. The lowest BCUT2D eigenvalue weighted by molar-refractivity contribution is 0.342. The van der Waals surface area contributed by atoms with Gasteiger partial charge in [-0.2, -0.15) is 0 Å². The first kappa shape index (κ1) is 11.1. The van der Waals surface area contributed by atoms with Crippen molar-refractivity contribution in [1.29, 1.82) is 0 Å². The zero-order chi connectivity index (χ0) is 11.9. The lowest BCUT2D eigenvalue weighted by atomic mass is 10.1. The fraction of sp³-hybridized carbons (Fsp3) is 0. The summed E-state index contributed by atoms with van der Waals surface area (Å²) in [6.45, 7) is 0. The third kappa shape index (κ3) is 3.01. The second kappa shape index (κ2) is 5.61. The summed E-state index contributed by atoms with van der Waals surface area (Å²) in [5.74, 6) is 0.580. The molecule has 0 atom stereocenters. The Morgan fingerprint density at radius 1 is 0.941 bits per heavy atom. The Kier molecular flexibility index (Phi) is 3.65. The fourth-order valence-electron chi connectivity index (χ4n) is 1.31. The van der Waals surface area contributed by atoms with Crippen LogP contribution in [0.25, 0.3) is 0 Å². The highest BCUT2D eigenvalue weighted by Crippen LogP contribution is 2.09. The molecule has 3 nitrogen and oxygen atoms in total. The van der Waals surface area contributed by atoms with Gasteiger partial charge in [0, 0.05) is 5.56 Å². The van der Waals surface area contributed by atoms with Crippen molar-refractivity contribution in [2.24, 2.45) is 5.16 Å². The Hall–Kier alpha value is -2.42. The van der Waals surface area contributed by atoms with Crippen molar-refractivity contribution in [1.82, 2.24) is 0 Å². The van der Waals surface area contributed by atoms with Crippen LogP contribution in [0.4, 0.5) is 0 Å². The van der Waals surface area contributed by atoms with E-state index in [0.29, 0.717) is 11.3 Å². The minimum absolute atomic E-state index is 0.148. The molecule has 0 saturated heterocycles. The van der Waals surface area contributed by atoms with E-state index in [1.807, 2.05) is 36.4 Å². The molecule has 0 aromatic heterocycles. The maximum Gasteiger partial charge on any atom is 0.257 e. The van der Waals surface area contributed by atoms with Crippen LogP contribution in [0.5, 0.6) is 5.75 Å². The molecule has 2 rings (SSSR count). The van der Waals surface area contributed by atoms with Gasteiger partial charge >= 0.3 is 0 Å². The SMILES string of the molecule is O=[C]C(=NOc1ccccc1)c1ccccc1. The molecule has 0 unspecified atom stereocenters. The fourth-order valence-corrected chi connectivity index (χ4v) is 1.31. The topological polar surface area (TPSA) is 38.7 Å². The summed E-state index contributed by atoms with van der Waals surface area (Å²) < 4.78 is 0. The Bertz CT molecular complexity index is 506. The summed E-state index contributed by atoms with van der Waals surface area (Å²) in [5, 5.41) is 3.78. The van der Waals surface area contributed by atoms with Gasteiger partial charge in [-0.1, -0.05) is 53.7 Å². The van der Waals surface area contributed by atoms with Crippen LogP contribution in [0.3, 0.4) is 0 Å². The molecular weight excluding hydrogens is 214 g/mol. The number of hydrogen-bond acceptors (Lipinski definition) is 3. The van der Waals surface area contributed by atoms with Crippen molar-refractivity contribution in [3.05, 3.63) is 66.2 Å². The molecule has 17 heavy (non-hydrogen) atoms. The number of nitrogens with zero attached hydrogens (tertiary/aromatic N) is 1. The van der Waals surface area contributed by atoms with Crippen LogP contribution in [0, 0.1) is 0 Å². The number of rotatable bonds is 4. The summed E-state index contributed by atoms with van der Waals surface area (Å²) >= 11 is 0. The highest BCUT2D eigenvalue weighted by atomic mass is 16.6. The van der Waals surface area contributed by atoms with Crippen LogP contribution in [0.1, 0.15) is 5.56 Å². The second-order valence-electron chi connectivity index (χ2n) is 3.31. The first-order chi connectivity index (χ1) is 8.40. The van der Waals surface area contributed by atoms with Crippen molar-refractivity contribution in [2.45, 2.75) is 0 Å². The van der Waals surface area contributed by atoms with Gasteiger partial charge in [0.15, 0.2) is 11.5 Å². The molecule has 1 radical (unpaired) electrons. The van der Waals surface area contributed by atoms with Crippen LogP contribution < -0.4 is 4.84 Å². The minimum Gasteiger partial charge on any atom is -0.356 e. The molecule has 0 amide bonds. The van der Waals surface area contributed by atoms with E-state index in [9.17, 15) is 4.79 Å². The Morgan fingerprint density at radius 2 is 1.53 bits per heavy atom. The lowest BCUT2D eigenvalue weighted by Crippen LogP contribution is -2.04. The van der Waals surface area contributed by atoms with Crippen molar-refractivity contribution >= 4 is 12.0 Å². The zero-order valence-electron chi connectivity index (χ0n) is 9.04. The van der Waals surface area contributed by atoms with Crippen molar-refractivity contribution in [3.63, 3.8) is 0 Å². The maximum atomic E-state index is 10.8. The second-order valence-corrected chi connectivity index (χ2v) is 3.31. The van der Waals surface area contributed by atoms with Crippen LogP contribution in [-0.4, -0.2) is 12.0 Å². The average molecular weight is 224 g/mol. The number of oxime groups is 1. The van der Waals surface area contributed by atoms with Crippen molar-refractivity contribution in [2.75, 3.05) is 0 Å². The summed E-state index contributed by atoms with van der Waals surface area (Å²) in [4.78, 5) is 15.9. The Labute approximate surface area is 99.3 Å². The van der Waals surface area contributed by atoms with E-state index in [4.69, 9.17) is 4.84 Å². The minimum atomic E-state index is 0.148. The number of para-hydroxylation sites is 1. The highest BCUT2D eigenvalue weighted by molar-refractivity contribution is 6.36. The predicted octanol–water partition coefficient (Wildman–Crippen LogP) is 2.58. The molecule has 0 bridgehead atoms. The van der Waals surface area contributed by atoms with Crippen LogP contribution in [0.2, 0.25) is 0 Å². The Morgan fingerprint density at radius 3 is 2.12 bits per heavy atom. The van der Waals surface area contributed by atoms with E-state index in [1.165, 1.54) is 0 Å². The molecular formula is C14H10NO2. The molecule has 0 spiro atoms. The normalized spacial score (nSPS) is 10.9. The van der Waals surface area contributed by atoms with Crippen LogP contribution in [-0.2, 0) is 4.79 Å². The molecule has 0 aliphatic carbocycles. The molecule has 0 aliphatic heterocycles. The number of hydrogen-bond donors (Lipinski definition) is 0. The summed E-state index contributed by atoms with van der Waals surface area (Å²) in [6.07, 6.45) is 1.76. The van der Waals surface area contributed by atoms with E-state index in [-0.39, 0.29) is 5.71 Å². The number of carbonyl (C=O) groups excluding carboxylic acids is 1. The molecule has 0 saturated carbocycles. The predicted molar refractivity (Wildman–Crippen MR) is 65.7 cm³/mol. The summed E-state index contributed by atoms with van der Waals surface area (Å²) in [6, 6.07) is 18.1. The van der Waals surface area contributed by atoms with Gasteiger partial charge in [0.25, 0.3) is 6.29 Å². The quantitative estimate of drug-likeness (QED) is 0.591. The molecule has 0 N–H and O–H groups in total. The van der Waals surface area contributed by atoms with E-state index in [0.717, 1.165) is 0 Å². The van der Waals surface area contributed by atoms with Gasteiger partial charge < -0.3 is 4.84 Å². The van der Waals surface area contributed by atoms with Crippen molar-refractivity contribution in [3.8, 4) is 5.75 Å². The summed E-state index contributed by atoms with van der Waals surface area (Å²) in [7, 11) is 0. The van der Waals surface area contributed by atoms with E-state index >= 15 is 0 Å². The lowest BCUT2D eigenvalue weighted by Gasteiger charge is -1.99. The molecule has 0 aliphatic rings. The van der Waals surface area contributed by atoms with Crippen LogP contribution in [0.15, 0.2) is 65.8 Å². The van der Waals surface area contributed by atoms with Crippen LogP contribution >= 0.6 is 0 Å². The van der Waals surface area contributed by atoms with E-state index in [1.54, 1.807) is 30.6 Å². The molecule has 2 aromatic rings. The molecule has 0 fully saturated rings. The molecule has 0 heterocycles. The van der Waals surface area contributed by atoms with Gasteiger partial charge in [0.05, 0.1) is 0 Å². The largest absolute Gasteiger partial charge is 0.356 e. The number of benzene rings is 2. The van der Waals surface area contributed by atoms with Gasteiger partial charge in [-0.05, 0) is 12.1 Å². The monoisotopic (exact) mass is 224 g/mol. The molecule has 2 aromatic carbocycles. The maximum absolute atomic E-state index is 10.8. The van der Waals surface area contributed by atoms with Crippen molar-refractivity contribution < 1.29 is 9.63 Å². The van der Waals surface area contributed by atoms with E-state index < -0.39 is 0 Å². The van der Waals surface area contributed by atoms with Gasteiger partial charge in [0.2, 0.25) is 0 Å².